The highest BCUT2D eigenvalue weighted by atomic mass is 32.2. The number of benzene rings is 1. The van der Waals surface area contributed by atoms with Crippen LogP contribution in [0, 0.1) is 17.2 Å². The number of hydrogen-bond acceptors (Lipinski definition) is 5. The van der Waals surface area contributed by atoms with Crippen LogP contribution >= 0.6 is 11.3 Å². The molecule has 0 bridgehead atoms. The summed E-state index contributed by atoms with van der Waals surface area (Å²) < 4.78 is 27.2. The lowest BCUT2D eigenvalue weighted by Gasteiger charge is -2.29. The van der Waals surface area contributed by atoms with Crippen molar-refractivity contribution in [3.8, 4) is 6.07 Å². The Morgan fingerprint density at radius 2 is 1.90 bits per heavy atom. The SMILES string of the molecule is CC1CCN(S(=O)(=O)c2ccc(C(=O)Nc3sc4c(c3C#N)CCC4)cc2)CC1. The van der Waals surface area contributed by atoms with Gasteiger partial charge >= 0.3 is 0 Å². The molecule has 1 aliphatic heterocycles. The maximum atomic E-state index is 12.8. The van der Waals surface area contributed by atoms with E-state index < -0.39 is 10.0 Å². The van der Waals surface area contributed by atoms with Gasteiger partial charge in [0.2, 0.25) is 10.0 Å². The number of amides is 1. The van der Waals surface area contributed by atoms with E-state index >= 15 is 0 Å². The van der Waals surface area contributed by atoms with Crippen LogP contribution in [0.3, 0.4) is 0 Å². The highest BCUT2D eigenvalue weighted by Gasteiger charge is 2.28. The number of anilines is 1. The number of nitrogens with one attached hydrogen (secondary N) is 1. The fourth-order valence-corrected chi connectivity index (χ4v) is 6.64. The van der Waals surface area contributed by atoms with Gasteiger partial charge in [0.05, 0.1) is 10.5 Å². The number of nitrogens with zero attached hydrogens (tertiary/aromatic N) is 2. The van der Waals surface area contributed by atoms with Gasteiger partial charge in [0.15, 0.2) is 0 Å². The molecule has 29 heavy (non-hydrogen) atoms. The summed E-state index contributed by atoms with van der Waals surface area (Å²) in [5, 5.41) is 12.9. The van der Waals surface area contributed by atoms with Gasteiger partial charge in [-0.15, -0.1) is 11.3 Å². The van der Waals surface area contributed by atoms with Gasteiger partial charge in [-0.3, -0.25) is 4.79 Å². The van der Waals surface area contributed by atoms with Crippen LogP contribution in [-0.4, -0.2) is 31.7 Å². The first kappa shape index (κ1) is 20.1. The van der Waals surface area contributed by atoms with E-state index in [1.807, 2.05) is 0 Å². The Balaban J connectivity index is 1.50. The fourth-order valence-electron chi connectivity index (χ4n) is 3.94. The minimum atomic E-state index is -3.53. The van der Waals surface area contributed by atoms with Crippen molar-refractivity contribution >= 4 is 32.3 Å². The Hall–Kier alpha value is -2.21. The van der Waals surface area contributed by atoms with Crippen LogP contribution < -0.4 is 5.32 Å². The molecular weight excluding hydrogens is 406 g/mol. The lowest BCUT2D eigenvalue weighted by Crippen LogP contribution is -2.37. The summed E-state index contributed by atoms with van der Waals surface area (Å²) in [6, 6.07) is 8.25. The van der Waals surface area contributed by atoms with E-state index in [0.717, 1.165) is 37.7 Å². The number of aryl methyl sites for hydroxylation is 1. The lowest BCUT2D eigenvalue weighted by molar-refractivity contribution is 0.102. The first-order valence-corrected chi connectivity index (χ1v) is 12.1. The molecule has 1 fully saturated rings. The number of hydrogen-bond donors (Lipinski definition) is 1. The van der Waals surface area contributed by atoms with Crippen molar-refractivity contribution in [2.24, 2.45) is 5.92 Å². The Morgan fingerprint density at radius 3 is 2.55 bits per heavy atom. The van der Waals surface area contributed by atoms with Crippen molar-refractivity contribution in [2.75, 3.05) is 18.4 Å². The largest absolute Gasteiger partial charge is 0.312 e. The summed E-state index contributed by atoms with van der Waals surface area (Å²) in [4.78, 5) is 14.0. The lowest BCUT2D eigenvalue weighted by atomic mass is 10.0. The molecule has 2 aromatic rings. The van der Waals surface area contributed by atoms with E-state index in [0.29, 0.717) is 35.1 Å². The standard InChI is InChI=1S/C21H23N3O3S2/c1-14-9-11-24(12-10-14)29(26,27)16-7-5-15(6-8-16)20(25)23-21-18(13-22)17-3-2-4-19(17)28-21/h5-8,14H,2-4,9-12H2,1H3,(H,23,25). The number of fused-ring (bicyclic) bond motifs is 1. The normalized spacial score (nSPS) is 17.7. The van der Waals surface area contributed by atoms with E-state index in [1.165, 1.54) is 44.8 Å². The first-order chi connectivity index (χ1) is 13.9. The predicted octanol–water partition coefficient (Wildman–Crippen LogP) is 3.78. The number of piperidine rings is 1. The average Bonchev–Trinajstić information content (AvgIpc) is 3.29. The van der Waals surface area contributed by atoms with Crippen LogP contribution in [0.4, 0.5) is 5.00 Å². The zero-order valence-electron chi connectivity index (χ0n) is 16.3. The zero-order valence-corrected chi connectivity index (χ0v) is 17.9. The maximum Gasteiger partial charge on any atom is 0.256 e. The van der Waals surface area contributed by atoms with Crippen LogP contribution in [0.1, 0.15) is 52.5 Å². The van der Waals surface area contributed by atoms with Crippen molar-refractivity contribution in [3.63, 3.8) is 0 Å². The molecule has 4 rings (SSSR count). The second kappa shape index (κ2) is 7.90. The van der Waals surface area contributed by atoms with E-state index in [2.05, 4.69) is 18.3 Å². The van der Waals surface area contributed by atoms with Crippen LogP contribution in [0.25, 0.3) is 0 Å². The zero-order chi connectivity index (χ0) is 20.6. The van der Waals surface area contributed by atoms with Gasteiger partial charge in [-0.1, -0.05) is 6.92 Å². The van der Waals surface area contributed by atoms with Crippen molar-refractivity contribution in [3.05, 3.63) is 45.8 Å². The number of carbonyl (C=O) groups is 1. The van der Waals surface area contributed by atoms with Crippen molar-refractivity contribution in [1.29, 1.82) is 5.26 Å². The van der Waals surface area contributed by atoms with Gasteiger partial charge < -0.3 is 5.32 Å². The molecule has 6 nitrogen and oxygen atoms in total. The smallest absolute Gasteiger partial charge is 0.256 e. The van der Waals surface area contributed by atoms with Crippen molar-refractivity contribution in [1.82, 2.24) is 4.31 Å². The van der Waals surface area contributed by atoms with E-state index in [1.54, 1.807) is 0 Å². The third kappa shape index (κ3) is 3.82. The van der Waals surface area contributed by atoms with E-state index in [-0.39, 0.29) is 10.8 Å². The molecule has 2 heterocycles. The van der Waals surface area contributed by atoms with Gasteiger partial charge in [-0.05, 0) is 67.9 Å². The van der Waals surface area contributed by atoms with Crippen molar-refractivity contribution < 1.29 is 13.2 Å². The number of rotatable bonds is 4. The second-order valence-electron chi connectivity index (χ2n) is 7.74. The second-order valence-corrected chi connectivity index (χ2v) is 10.8. The third-order valence-corrected chi connectivity index (χ3v) is 8.88. The fraction of sp³-hybridized carbons (Fsp3) is 0.429. The molecule has 1 aliphatic carbocycles. The Morgan fingerprint density at radius 1 is 1.21 bits per heavy atom. The highest BCUT2D eigenvalue weighted by molar-refractivity contribution is 7.89. The molecule has 1 N–H and O–H groups in total. The summed E-state index contributed by atoms with van der Waals surface area (Å²) in [7, 11) is -3.53. The number of sulfonamides is 1. The Kier molecular flexibility index (Phi) is 5.47. The number of nitriles is 1. The molecule has 1 amide bonds. The minimum absolute atomic E-state index is 0.205. The van der Waals surface area contributed by atoms with Crippen LogP contribution in [0.15, 0.2) is 29.2 Å². The third-order valence-electron chi connectivity index (χ3n) is 5.76. The molecule has 8 heteroatoms. The number of carbonyl (C=O) groups excluding carboxylic acids is 1. The van der Waals surface area contributed by atoms with E-state index in [9.17, 15) is 18.5 Å². The molecule has 1 aromatic carbocycles. The van der Waals surface area contributed by atoms with Gasteiger partial charge in [0.25, 0.3) is 5.91 Å². The Bertz CT molecular complexity index is 1070. The average molecular weight is 430 g/mol. The predicted molar refractivity (Wildman–Crippen MR) is 113 cm³/mol. The van der Waals surface area contributed by atoms with Crippen LogP contribution in [0.5, 0.6) is 0 Å². The molecule has 0 saturated carbocycles. The van der Waals surface area contributed by atoms with Crippen molar-refractivity contribution in [2.45, 2.75) is 43.9 Å². The maximum absolute atomic E-state index is 12.8. The summed E-state index contributed by atoms with van der Waals surface area (Å²) in [5.41, 5.74) is 1.99. The minimum Gasteiger partial charge on any atom is -0.312 e. The molecule has 0 spiro atoms. The van der Waals surface area contributed by atoms with Crippen LogP contribution in [-0.2, 0) is 22.9 Å². The molecule has 0 atom stereocenters. The summed E-state index contributed by atoms with van der Waals surface area (Å²) in [5.74, 6) is 0.210. The van der Waals surface area contributed by atoms with E-state index in [4.69, 9.17) is 0 Å². The molecule has 1 aromatic heterocycles. The number of thiophene rings is 1. The molecule has 0 unspecified atom stereocenters. The first-order valence-electron chi connectivity index (χ1n) is 9.86. The van der Waals surface area contributed by atoms with Crippen LogP contribution in [0.2, 0.25) is 0 Å². The molecule has 152 valence electrons. The summed E-state index contributed by atoms with van der Waals surface area (Å²) >= 11 is 1.47. The quantitative estimate of drug-likeness (QED) is 0.801. The monoisotopic (exact) mass is 429 g/mol. The van der Waals surface area contributed by atoms with Gasteiger partial charge in [-0.25, -0.2) is 8.42 Å². The molecular formula is C21H23N3O3S2. The van der Waals surface area contributed by atoms with Gasteiger partial charge in [0.1, 0.15) is 11.1 Å². The van der Waals surface area contributed by atoms with Gasteiger partial charge in [0, 0.05) is 23.5 Å². The topological polar surface area (TPSA) is 90.3 Å². The molecule has 0 radical (unpaired) electrons. The molecule has 1 saturated heterocycles. The highest BCUT2D eigenvalue weighted by Crippen LogP contribution is 2.38. The van der Waals surface area contributed by atoms with Gasteiger partial charge in [-0.2, -0.15) is 9.57 Å². The summed E-state index contributed by atoms with van der Waals surface area (Å²) in [6.45, 7) is 3.20. The molecule has 2 aliphatic rings. The Labute approximate surface area is 175 Å². The summed E-state index contributed by atoms with van der Waals surface area (Å²) in [6.07, 6.45) is 4.62.